The normalized spacial score (nSPS) is 17.6. The molecule has 0 spiro atoms. The van der Waals surface area contributed by atoms with Gasteiger partial charge in [0.05, 0.1) is 11.3 Å². The number of amidine groups is 1. The van der Waals surface area contributed by atoms with Crippen molar-refractivity contribution in [1.82, 2.24) is 15.3 Å². The molecule has 0 aliphatic carbocycles. The second-order valence-electron chi connectivity index (χ2n) is 8.71. The predicted octanol–water partition coefficient (Wildman–Crippen LogP) is 1.06. The summed E-state index contributed by atoms with van der Waals surface area (Å²) in [7, 11) is 0. The maximum absolute atomic E-state index is 12.4. The van der Waals surface area contributed by atoms with Gasteiger partial charge in [-0.1, -0.05) is 36.4 Å². The Morgan fingerprint density at radius 2 is 1.91 bits per heavy atom. The van der Waals surface area contributed by atoms with Crippen LogP contribution in [0.3, 0.4) is 0 Å². The molecular weight excluding hydrogens is 444 g/mol. The maximum Gasteiger partial charge on any atom is 0.407 e. The van der Waals surface area contributed by atoms with E-state index < -0.39 is 6.09 Å². The highest BCUT2D eigenvalue weighted by Crippen LogP contribution is 2.29. The lowest BCUT2D eigenvalue weighted by Crippen LogP contribution is -2.51. The SMILES string of the molecule is C[C@@H]1CC[C@H](NC(=O)OCc2ccccc2)CN1c1cc(-c2ccc(C(N)=[NH2+])c(N)c2)nc(N)n1. The van der Waals surface area contributed by atoms with Crippen LogP contribution in [0.4, 0.5) is 22.2 Å². The van der Waals surface area contributed by atoms with Gasteiger partial charge in [0.1, 0.15) is 12.4 Å². The van der Waals surface area contributed by atoms with Crippen LogP contribution in [0.25, 0.3) is 11.3 Å². The molecule has 1 saturated heterocycles. The third-order valence-electron chi connectivity index (χ3n) is 6.10. The van der Waals surface area contributed by atoms with Crippen LogP contribution in [-0.2, 0) is 11.3 Å². The third kappa shape index (κ3) is 5.78. The molecule has 182 valence electrons. The maximum atomic E-state index is 12.4. The number of rotatable bonds is 6. The number of hydrogen-bond acceptors (Lipinski definition) is 7. The monoisotopic (exact) mass is 475 g/mol. The average Bonchev–Trinajstić information content (AvgIpc) is 2.84. The number of anilines is 3. The van der Waals surface area contributed by atoms with Crippen molar-refractivity contribution in [2.45, 2.75) is 38.5 Å². The van der Waals surface area contributed by atoms with Crippen molar-refractivity contribution in [3.8, 4) is 11.3 Å². The number of hydrogen-bond donors (Lipinski definition) is 5. The van der Waals surface area contributed by atoms with Crippen molar-refractivity contribution in [2.24, 2.45) is 5.73 Å². The number of nitrogens with one attached hydrogen (secondary N) is 1. The minimum absolute atomic E-state index is 0.0906. The number of nitrogens with two attached hydrogens (primary N) is 4. The smallest absolute Gasteiger partial charge is 0.407 e. The molecule has 9 N–H and O–H groups in total. The summed E-state index contributed by atoms with van der Waals surface area (Å²) in [6.45, 7) is 2.91. The molecule has 10 nitrogen and oxygen atoms in total. The molecule has 0 unspecified atom stereocenters. The van der Waals surface area contributed by atoms with Crippen LogP contribution in [0.1, 0.15) is 30.9 Å². The zero-order valence-corrected chi connectivity index (χ0v) is 19.6. The van der Waals surface area contributed by atoms with E-state index in [-0.39, 0.29) is 30.5 Å². The summed E-state index contributed by atoms with van der Waals surface area (Å²) in [5, 5.41) is 8.66. The predicted molar refractivity (Wildman–Crippen MR) is 136 cm³/mol. The lowest BCUT2D eigenvalue weighted by molar-refractivity contribution is -0.114. The Hall–Kier alpha value is -4.34. The molecule has 2 heterocycles. The highest BCUT2D eigenvalue weighted by molar-refractivity contribution is 5.98. The highest BCUT2D eigenvalue weighted by Gasteiger charge is 2.28. The molecule has 0 bridgehead atoms. The Bertz CT molecular complexity index is 1220. The van der Waals surface area contributed by atoms with Crippen LogP contribution < -0.4 is 32.8 Å². The number of nitrogens with zero attached hydrogens (tertiary/aromatic N) is 3. The Morgan fingerprint density at radius 3 is 2.63 bits per heavy atom. The van der Waals surface area contributed by atoms with E-state index >= 15 is 0 Å². The van der Waals surface area contributed by atoms with Crippen molar-refractivity contribution in [3.63, 3.8) is 0 Å². The molecule has 0 radical (unpaired) electrons. The van der Waals surface area contributed by atoms with Crippen LogP contribution in [0.15, 0.2) is 54.6 Å². The van der Waals surface area contributed by atoms with Gasteiger partial charge in [-0.25, -0.2) is 9.78 Å². The van der Waals surface area contributed by atoms with Crippen LogP contribution in [0.5, 0.6) is 0 Å². The molecule has 0 saturated carbocycles. The summed E-state index contributed by atoms with van der Waals surface area (Å²) in [4.78, 5) is 23.4. The van der Waals surface area contributed by atoms with Gasteiger partial charge in [0, 0.05) is 35.9 Å². The average molecular weight is 476 g/mol. The Balaban J connectivity index is 1.47. The fraction of sp³-hybridized carbons (Fsp3) is 0.280. The largest absolute Gasteiger partial charge is 0.445 e. The first-order valence-corrected chi connectivity index (χ1v) is 11.5. The summed E-state index contributed by atoms with van der Waals surface area (Å²) in [6.07, 6.45) is 1.26. The number of carbonyl (C=O) groups is 1. The zero-order chi connectivity index (χ0) is 24.9. The van der Waals surface area contributed by atoms with Crippen molar-refractivity contribution in [1.29, 1.82) is 0 Å². The molecule has 3 aromatic rings. The van der Waals surface area contributed by atoms with Gasteiger partial charge in [-0.3, -0.25) is 11.1 Å². The number of piperidine rings is 1. The summed E-state index contributed by atoms with van der Waals surface area (Å²) < 4.78 is 5.39. The molecule has 1 aromatic heterocycles. The Morgan fingerprint density at radius 1 is 1.14 bits per heavy atom. The van der Waals surface area contributed by atoms with Gasteiger partial charge in [-0.2, -0.15) is 4.98 Å². The van der Waals surface area contributed by atoms with E-state index in [0.717, 1.165) is 24.0 Å². The third-order valence-corrected chi connectivity index (χ3v) is 6.10. The van der Waals surface area contributed by atoms with Crippen LogP contribution in [0.2, 0.25) is 0 Å². The lowest BCUT2D eigenvalue weighted by atomic mass is 9.99. The van der Waals surface area contributed by atoms with Gasteiger partial charge >= 0.3 is 6.09 Å². The minimum Gasteiger partial charge on any atom is -0.445 e. The van der Waals surface area contributed by atoms with Crippen LogP contribution >= 0.6 is 0 Å². The number of aromatic nitrogens is 2. The van der Waals surface area contributed by atoms with Crippen molar-refractivity contribution in [3.05, 3.63) is 65.7 Å². The standard InChI is InChI=1S/C25H30N8O2/c1-15-7-9-18(30-25(34)35-14-16-5-3-2-4-6-16)13-33(15)22-12-21(31-24(29)32-22)17-8-10-19(23(27)28)20(26)11-17/h2-6,8,10-12,15,18H,7,9,13-14,26H2,1H3,(H3,27,28)(H,30,34)(H2,29,31,32)/p+1/t15-,18+/m1/s1. The van der Waals surface area contributed by atoms with Crippen molar-refractivity contribution < 1.29 is 14.9 Å². The highest BCUT2D eigenvalue weighted by atomic mass is 16.5. The first-order valence-electron chi connectivity index (χ1n) is 11.5. The van der Waals surface area contributed by atoms with Gasteiger partial charge in [-0.05, 0) is 37.5 Å². The van der Waals surface area contributed by atoms with Gasteiger partial charge in [0.2, 0.25) is 5.95 Å². The van der Waals surface area contributed by atoms with Crippen LogP contribution in [-0.4, -0.2) is 40.5 Å². The number of amides is 1. The summed E-state index contributed by atoms with van der Waals surface area (Å²) in [6, 6.07) is 16.9. The minimum atomic E-state index is -0.442. The fourth-order valence-corrected chi connectivity index (χ4v) is 4.21. The van der Waals surface area contributed by atoms with E-state index in [1.807, 2.05) is 42.5 Å². The fourth-order valence-electron chi connectivity index (χ4n) is 4.21. The summed E-state index contributed by atoms with van der Waals surface area (Å²) in [5.74, 6) is 0.978. The number of alkyl carbamates (subject to hydrolysis) is 1. The first kappa shape index (κ1) is 23.8. The number of benzene rings is 2. The Labute approximate surface area is 204 Å². The van der Waals surface area contributed by atoms with E-state index in [1.165, 1.54) is 0 Å². The second kappa shape index (κ2) is 10.3. The van der Waals surface area contributed by atoms with Gasteiger partial charge in [-0.15, -0.1) is 0 Å². The van der Waals surface area contributed by atoms with E-state index in [1.54, 1.807) is 12.1 Å². The molecule has 4 rings (SSSR count). The van der Waals surface area contributed by atoms with Gasteiger partial charge < -0.3 is 26.4 Å². The summed E-state index contributed by atoms with van der Waals surface area (Å²) in [5.41, 5.74) is 21.2. The van der Waals surface area contributed by atoms with E-state index in [2.05, 4.69) is 27.1 Å². The van der Waals surface area contributed by atoms with Crippen molar-refractivity contribution >= 4 is 29.4 Å². The number of carbonyl (C=O) groups excluding carboxylic acids is 1. The quantitative estimate of drug-likeness (QED) is 0.200. The number of nitrogen functional groups attached to an aromatic ring is 2. The van der Waals surface area contributed by atoms with E-state index in [4.69, 9.17) is 27.3 Å². The molecule has 10 heteroatoms. The van der Waals surface area contributed by atoms with Crippen molar-refractivity contribution in [2.75, 3.05) is 22.9 Å². The molecule has 2 aromatic carbocycles. The molecular formula is C25H31N8O2+. The molecule has 1 fully saturated rings. The lowest BCUT2D eigenvalue weighted by Gasteiger charge is -2.39. The number of ether oxygens (including phenoxy) is 1. The summed E-state index contributed by atoms with van der Waals surface area (Å²) >= 11 is 0. The first-order chi connectivity index (χ1) is 16.8. The van der Waals surface area contributed by atoms with Gasteiger partial charge in [0.15, 0.2) is 0 Å². The topological polar surface area (TPSA) is 171 Å². The molecule has 1 aliphatic rings. The van der Waals surface area contributed by atoms with Gasteiger partial charge in [0.25, 0.3) is 5.84 Å². The zero-order valence-electron chi connectivity index (χ0n) is 19.6. The van der Waals surface area contributed by atoms with E-state index in [9.17, 15) is 4.79 Å². The molecule has 35 heavy (non-hydrogen) atoms. The van der Waals surface area contributed by atoms with Crippen LogP contribution in [0, 0.1) is 0 Å². The van der Waals surface area contributed by atoms with E-state index in [0.29, 0.717) is 29.3 Å². The molecule has 2 atom stereocenters. The molecule has 1 aliphatic heterocycles. The second-order valence-corrected chi connectivity index (χ2v) is 8.71. The Kier molecular flexibility index (Phi) is 7.00. The molecule has 1 amide bonds.